The van der Waals surface area contributed by atoms with Crippen molar-refractivity contribution in [1.29, 1.82) is 0 Å². The van der Waals surface area contributed by atoms with E-state index < -0.39 is 0 Å². The van der Waals surface area contributed by atoms with Crippen molar-refractivity contribution in [3.63, 3.8) is 0 Å². The molecule has 1 heterocycles. The molecule has 0 saturated carbocycles. The molecule has 0 aliphatic rings. The van der Waals surface area contributed by atoms with Crippen molar-refractivity contribution in [1.82, 2.24) is 10.2 Å². The molecule has 0 unspecified atom stereocenters. The number of rotatable bonds is 3. The Bertz CT molecular complexity index is 632. The zero-order chi connectivity index (χ0) is 14.9. The maximum absolute atomic E-state index is 12.3. The highest BCUT2D eigenvalue weighted by Crippen LogP contribution is 2.29. The first-order valence-corrected chi connectivity index (χ1v) is 7.00. The summed E-state index contributed by atoms with van der Waals surface area (Å²) in [5.74, 6) is -0.507. The Labute approximate surface area is 125 Å². The molecule has 0 radical (unpaired) electrons. The van der Waals surface area contributed by atoms with Gasteiger partial charge in [-0.25, -0.2) is 0 Å². The minimum atomic E-state index is -0.350. The number of nitrogens with one attached hydrogen (secondary N) is 2. The summed E-state index contributed by atoms with van der Waals surface area (Å²) in [7, 11) is 0. The number of H-pyrrole nitrogens is 1. The van der Waals surface area contributed by atoms with Gasteiger partial charge in [-0.05, 0) is 39.0 Å². The van der Waals surface area contributed by atoms with Crippen LogP contribution < -0.4 is 5.32 Å². The number of phenolic OH excluding ortho intramolecular Hbond substituents is 1. The maximum Gasteiger partial charge on any atom is 0.231 e. The lowest BCUT2D eigenvalue weighted by Crippen LogP contribution is -2.19. The number of aromatic amines is 1. The number of aromatic hydroxyl groups is 1. The number of carbonyl (C=O) groups excluding carboxylic acids is 1. The van der Waals surface area contributed by atoms with Crippen LogP contribution in [0.25, 0.3) is 0 Å². The maximum atomic E-state index is 12.3. The Morgan fingerprint density at radius 3 is 2.70 bits per heavy atom. The summed E-state index contributed by atoms with van der Waals surface area (Å²) < 4.78 is 0.752. The zero-order valence-electron chi connectivity index (χ0n) is 11.5. The lowest BCUT2D eigenvalue weighted by atomic mass is 9.98. The number of hydrogen-bond acceptors (Lipinski definition) is 3. The minimum absolute atomic E-state index is 0.0283. The topological polar surface area (TPSA) is 78.0 Å². The minimum Gasteiger partial charge on any atom is -0.506 e. The molecule has 1 aromatic heterocycles. The standard InChI is InChI=1S/C14H16BrN3O2/c1-7(13-8(2)17-18-9(13)3)14(20)16-11-5-4-10(15)6-12(11)19/h4-7,19H,1-3H3,(H,16,20)(H,17,18)/t7-/m0/s1. The number of aromatic nitrogens is 2. The summed E-state index contributed by atoms with van der Waals surface area (Å²) in [5.41, 5.74) is 2.97. The third-order valence-electron chi connectivity index (χ3n) is 3.23. The Morgan fingerprint density at radius 1 is 1.45 bits per heavy atom. The molecule has 0 aliphatic heterocycles. The van der Waals surface area contributed by atoms with Crippen LogP contribution in [0.3, 0.4) is 0 Å². The zero-order valence-corrected chi connectivity index (χ0v) is 13.1. The van der Waals surface area contributed by atoms with E-state index in [2.05, 4.69) is 31.4 Å². The molecule has 0 aliphatic carbocycles. The third kappa shape index (κ3) is 2.85. The average molecular weight is 338 g/mol. The van der Waals surface area contributed by atoms with E-state index in [-0.39, 0.29) is 17.6 Å². The predicted molar refractivity (Wildman–Crippen MR) is 80.9 cm³/mol. The fourth-order valence-electron chi connectivity index (χ4n) is 2.18. The number of aryl methyl sites for hydroxylation is 2. The molecule has 3 N–H and O–H groups in total. The lowest BCUT2D eigenvalue weighted by molar-refractivity contribution is -0.117. The second kappa shape index (κ2) is 5.66. The molecule has 1 atom stereocenters. The second-order valence-electron chi connectivity index (χ2n) is 4.72. The van der Waals surface area contributed by atoms with Gasteiger partial charge in [-0.3, -0.25) is 9.89 Å². The monoisotopic (exact) mass is 337 g/mol. The smallest absolute Gasteiger partial charge is 0.231 e. The van der Waals surface area contributed by atoms with Gasteiger partial charge in [0.15, 0.2) is 0 Å². The molecule has 0 spiro atoms. The lowest BCUT2D eigenvalue weighted by Gasteiger charge is -2.13. The van der Waals surface area contributed by atoms with Gasteiger partial charge in [-0.15, -0.1) is 0 Å². The van der Waals surface area contributed by atoms with E-state index in [0.717, 1.165) is 21.4 Å². The van der Waals surface area contributed by atoms with E-state index in [1.54, 1.807) is 12.1 Å². The number of carbonyl (C=O) groups is 1. The number of halogens is 1. The molecule has 2 aromatic rings. The second-order valence-corrected chi connectivity index (χ2v) is 5.64. The average Bonchev–Trinajstić information content (AvgIpc) is 2.71. The molecule has 2 rings (SSSR count). The van der Waals surface area contributed by atoms with Crippen LogP contribution in [0, 0.1) is 13.8 Å². The number of anilines is 1. The van der Waals surface area contributed by atoms with Gasteiger partial charge in [-0.2, -0.15) is 5.10 Å². The van der Waals surface area contributed by atoms with Crippen LogP contribution in [0.15, 0.2) is 22.7 Å². The largest absolute Gasteiger partial charge is 0.506 e. The number of benzene rings is 1. The summed E-state index contributed by atoms with van der Waals surface area (Å²) in [6.07, 6.45) is 0. The number of phenols is 1. The Hall–Kier alpha value is -1.82. The molecular weight excluding hydrogens is 322 g/mol. The van der Waals surface area contributed by atoms with Crippen LogP contribution in [-0.4, -0.2) is 21.2 Å². The molecular formula is C14H16BrN3O2. The number of amides is 1. The molecule has 6 heteroatoms. The highest BCUT2D eigenvalue weighted by atomic mass is 79.9. The van der Waals surface area contributed by atoms with Gasteiger partial charge < -0.3 is 10.4 Å². The molecule has 5 nitrogen and oxygen atoms in total. The van der Waals surface area contributed by atoms with Gasteiger partial charge in [-0.1, -0.05) is 15.9 Å². The number of nitrogens with zero attached hydrogens (tertiary/aromatic N) is 1. The normalized spacial score (nSPS) is 12.2. The first-order chi connectivity index (χ1) is 9.40. The fourth-order valence-corrected chi connectivity index (χ4v) is 2.53. The van der Waals surface area contributed by atoms with Gasteiger partial charge >= 0.3 is 0 Å². The third-order valence-corrected chi connectivity index (χ3v) is 3.72. The highest BCUT2D eigenvalue weighted by Gasteiger charge is 2.22. The predicted octanol–water partition coefficient (Wildman–Crippen LogP) is 3.24. The van der Waals surface area contributed by atoms with Crippen LogP contribution >= 0.6 is 15.9 Å². The SMILES string of the molecule is Cc1n[nH]c(C)c1[C@H](C)C(=O)Nc1ccc(Br)cc1O. The van der Waals surface area contributed by atoms with Gasteiger partial charge in [0.25, 0.3) is 0 Å². The Morgan fingerprint density at radius 2 is 2.15 bits per heavy atom. The summed E-state index contributed by atoms with van der Waals surface area (Å²) in [4.78, 5) is 12.3. The Kier molecular flexibility index (Phi) is 4.13. The van der Waals surface area contributed by atoms with E-state index in [1.165, 1.54) is 6.07 Å². The first kappa shape index (κ1) is 14.6. The van der Waals surface area contributed by atoms with E-state index in [9.17, 15) is 9.90 Å². The molecule has 20 heavy (non-hydrogen) atoms. The molecule has 1 amide bonds. The van der Waals surface area contributed by atoms with Crippen molar-refractivity contribution in [2.45, 2.75) is 26.7 Å². The van der Waals surface area contributed by atoms with Crippen LogP contribution in [0.4, 0.5) is 5.69 Å². The number of hydrogen-bond donors (Lipinski definition) is 3. The summed E-state index contributed by atoms with van der Waals surface area (Å²) in [6.45, 7) is 5.56. The van der Waals surface area contributed by atoms with Gasteiger partial charge in [0.2, 0.25) is 5.91 Å². The van der Waals surface area contributed by atoms with Crippen molar-refractivity contribution in [3.8, 4) is 5.75 Å². The van der Waals surface area contributed by atoms with Crippen molar-refractivity contribution >= 4 is 27.5 Å². The van der Waals surface area contributed by atoms with E-state index in [1.807, 2.05) is 20.8 Å². The van der Waals surface area contributed by atoms with Crippen molar-refractivity contribution in [2.75, 3.05) is 5.32 Å². The molecule has 0 saturated heterocycles. The van der Waals surface area contributed by atoms with E-state index in [0.29, 0.717) is 5.69 Å². The quantitative estimate of drug-likeness (QED) is 0.752. The summed E-state index contributed by atoms with van der Waals surface area (Å²) in [6, 6.07) is 4.95. The van der Waals surface area contributed by atoms with Gasteiger partial charge in [0.05, 0.1) is 17.3 Å². The van der Waals surface area contributed by atoms with E-state index >= 15 is 0 Å². The van der Waals surface area contributed by atoms with Crippen LogP contribution in [0.2, 0.25) is 0 Å². The van der Waals surface area contributed by atoms with Crippen molar-refractivity contribution in [3.05, 3.63) is 39.6 Å². The summed E-state index contributed by atoms with van der Waals surface area (Å²) >= 11 is 3.26. The summed E-state index contributed by atoms with van der Waals surface area (Å²) in [5, 5.41) is 19.5. The Balaban J connectivity index is 2.20. The first-order valence-electron chi connectivity index (χ1n) is 6.21. The molecule has 106 valence electrons. The van der Waals surface area contributed by atoms with Crippen LogP contribution in [0.1, 0.15) is 29.8 Å². The molecule has 0 fully saturated rings. The van der Waals surface area contributed by atoms with E-state index in [4.69, 9.17) is 0 Å². The highest BCUT2D eigenvalue weighted by molar-refractivity contribution is 9.10. The van der Waals surface area contributed by atoms with Crippen molar-refractivity contribution in [2.24, 2.45) is 0 Å². The van der Waals surface area contributed by atoms with Crippen LogP contribution in [-0.2, 0) is 4.79 Å². The van der Waals surface area contributed by atoms with Crippen LogP contribution in [0.5, 0.6) is 5.75 Å². The van der Waals surface area contributed by atoms with Gasteiger partial charge in [0, 0.05) is 15.7 Å². The molecule has 0 bridgehead atoms. The van der Waals surface area contributed by atoms with Crippen molar-refractivity contribution < 1.29 is 9.90 Å². The van der Waals surface area contributed by atoms with Gasteiger partial charge in [0.1, 0.15) is 5.75 Å². The fraction of sp³-hybridized carbons (Fsp3) is 0.286. The molecule has 1 aromatic carbocycles.